The van der Waals surface area contributed by atoms with E-state index >= 15 is 0 Å². The molecular formula is C17H17N. The molecule has 0 aliphatic rings. The minimum absolute atomic E-state index is 0.172. The van der Waals surface area contributed by atoms with Gasteiger partial charge in [-0.1, -0.05) is 51.1 Å². The summed E-state index contributed by atoms with van der Waals surface area (Å²) in [6.07, 6.45) is 1.95. The molecule has 1 nitrogen and oxygen atoms in total. The molecule has 2 aromatic carbocycles. The Labute approximate surface area is 107 Å². The zero-order valence-corrected chi connectivity index (χ0v) is 11.1. The molecule has 0 aliphatic carbocycles. The van der Waals surface area contributed by atoms with Crippen molar-refractivity contribution in [2.24, 2.45) is 0 Å². The van der Waals surface area contributed by atoms with E-state index in [0.717, 1.165) is 5.52 Å². The molecule has 1 heterocycles. The van der Waals surface area contributed by atoms with Gasteiger partial charge in [0.05, 0.1) is 5.52 Å². The average Bonchev–Trinajstić information content (AvgIpc) is 2.37. The highest BCUT2D eigenvalue weighted by Gasteiger charge is 2.14. The highest BCUT2D eigenvalue weighted by molar-refractivity contribution is 6.05. The third-order valence-corrected chi connectivity index (χ3v) is 3.46. The Morgan fingerprint density at radius 2 is 1.67 bits per heavy atom. The maximum atomic E-state index is 4.53. The van der Waals surface area contributed by atoms with Gasteiger partial charge in [0.1, 0.15) is 0 Å². The van der Waals surface area contributed by atoms with Crippen LogP contribution < -0.4 is 0 Å². The van der Waals surface area contributed by atoms with E-state index in [9.17, 15) is 0 Å². The van der Waals surface area contributed by atoms with Crippen molar-refractivity contribution >= 4 is 21.7 Å². The zero-order chi connectivity index (χ0) is 12.8. The van der Waals surface area contributed by atoms with Crippen LogP contribution in [0, 0.1) is 0 Å². The van der Waals surface area contributed by atoms with E-state index in [1.807, 2.05) is 6.20 Å². The van der Waals surface area contributed by atoms with Gasteiger partial charge in [-0.3, -0.25) is 4.98 Å². The Hall–Kier alpha value is -1.89. The third kappa shape index (κ3) is 1.76. The van der Waals surface area contributed by atoms with Gasteiger partial charge in [-0.2, -0.15) is 0 Å². The summed E-state index contributed by atoms with van der Waals surface area (Å²) >= 11 is 0. The summed E-state index contributed by atoms with van der Waals surface area (Å²) in [7, 11) is 0. The van der Waals surface area contributed by atoms with Crippen LogP contribution in [0.25, 0.3) is 21.7 Å². The maximum absolute atomic E-state index is 4.53. The first-order chi connectivity index (χ1) is 8.55. The smallest absolute Gasteiger partial charge is 0.0708 e. The van der Waals surface area contributed by atoms with Crippen LogP contribution in [0.3, 0.4) is 0 Å². The van der Waals surface area contributed by atoms with Gasteiger partial charge in [-0.25, -0.2) is 0 Å². The fraction of sp³-hybridized carbons (Fsp3) is 0.235. The van der Waals surface area contributed by atoms with Gasteiger partial charge in [0.25, 0.3) is 0 Å². The summed E-state index contributed by atoms with van der Waals surface area (Å²) in [5.41, 5.74) is 2.60. The second-order valence-electron chi connectivity index (χ2n) is 5.83. The molecule has 0 radical (unpaired) electrons. The lowest BCUT2D eigenvalue weighted by Crippen LogP contribution is -2.10. The summed E-state index contributed by atoms with van der Waals surface area (Å²) in [5, 5.41) is 3.74. The molecule has 0 N–H and O–H groups in total. The number of pyridine rings is 1. The summed E-state index contributed by atoms with van der Waals surface area (Å²) < 4.78 is 0. The second kappa shape index (κ2) is 3.81. The zero-order valence-electron chi connectivity index (χ0n) is 11.1. The van der Waals surface area contributed by atoms with E-state index < -0.39 is 0 Å². The number of nitrogens with zero attached hydrogens (tertiary/aromatic N) is 1. The first-order valence-electron chi connectivity index (χ1n) is 6.34. The first-order valence-corrected chi connectivity index (χ1v) is 6.34. The van der Waals surface area contributed by atoms with Crippen LogP contribution in [-0.4, -0.2) is 4.98 Å². The molecule has 3 aromatic rings. The molecule has 3 rings (SSSR count). The third-order valence-electron chi connectivity index (χ3n) is 3.46. The fourth-order valence-electron chi connectivity index (χ4n) is 2.32. The standard InChI is InChI=1S/C17H17N/c1-17(2,3)13-8-9-16-15(10-13)14-7-5-4-6-12(14)11-18-16/h4-11H,1-3H3. The maximum Gasteiger partial charge on any atom is 0.0708 e. The predicted octanol–water partition coefficient (Wildman–Crippen LogP) is 4.69. The summed E-state index contributed by atoms with van der Waals surface area (Å²) in [6.45, 7) is 6.73. The summed E-state index contributed by atoms with van der Waals surface area (Å²) in [5.74, 6) is 0. The van der Waals surface area contributed by atoms with E-state index in [2.05, 4.69) is 68.2 Å². The lowest BCUT2D eigenvalue weighted by molar-refractivity contribution is 0.591. The monoisotopic (exact) mass is 235 g/mol. The quantitative estimate of drug-likeness (QED) is 0.515. The summed E-state index contributed by atoms with van der Waals surface area (Å²) in [6, 6.07) is 15.0. The number of aromatic nitrogens is 1. The van der Waals surface area contributed by atoms with Gasteiger partial charge in [0, 0.05) is 17.0 Å². The number of benzene rings is 2. The predicted molar refractivity (Wildman–Crippen MR) is 77.9 cm³/mol. The average molecular weight is 235 g/mol. The van der Waals surface area contributed by atoms with Crippen LogP contribution in [-0.2, 0) is 5.41 Å². The number of hydrogen-bond donors (Lipinski definition) is 0. The van der Waals surface area contributed by atoms with Crippen molar-refractivity contribution < 1.29 is 0 Å². The molecular weight excluding hydrogens is 218 g/mol. The number of rotatable bonds is 0. The van der Waals surface area contributed by atoms with Gasteiger partial charge in [-0.15, -0.1) is 0 Å². The van der Waals surface area contributed by atoms with Gasteiger partial charge >= 0.3 is 0 Å². The van der Waals surface area contributed by atoms with Crippen molar-refractivity contribution in [3.05, 3.63) is 54.2 Å². The van der Waals surface area contributed by atoms with Gasteiger partial charge < -0.3 is 0 Å². The van der Waals surface area contributed by atoms with Crippen molar-refractivity contribution in [1.29, 1.82) is 0 Å². The molecule has 1 heteroatoms. The Balaban J connectivity index is 2.40. The van der Waals surface area contributed by atoms with Crippen LogP contribution in [0.1, 0.15) is 26.3 Å². The van der Waals surface area contributed by atoms with Crippen molar-refractivity contribution in [3.8, 4) is 0 Å². The Morgan fingerprint density at radius 3 is 2.44 bits per heavy atom. The lowest BCUT2D eigenvalue weighted by atomic mass is 9.86. The Morgan fingerprint density at radius 1 is 0.889 bits per heavy atom. The molecule has 18 heavy (non-hydrogen) atoms. The van der Waals surface area contributed by atoms with Crippen molar-refractivity contribution in [2.45, 2.75) is 26.2 Å². The van der Waals surface area contributed by atoms with Crippen LogP contribution in [0.4, 0.5) is 0 Å². The Kier molecular flexibility index (Phi) is 2.37. The molecule has 0 unspecified atom stereocenters. The molecule has 0 fully saturated rings. The molecule has 90 valence electrons. The van der Waals surface area contributed by atoms with E-state index in [4.69, 9.17) is 0 Å². The molecule has 0 saturated carbocycles. The molecule has 0 spiro atoms. The second-order valence-corrected chi connectivity index (χ2v) is 5.83. The van der Waals surface area contributed by atoms with Crippen molar-refractivity contribution in [2.75, 3.05) is 0 Å². The van der Waals surface area contributed by atoms with Gasteiger partial charge in [-0.05, 0) is 28.5 Å². The molecule has 0 saturated heterocycles. The fourth-order valence-corrected chi connectivity index (χ4v) is 2.32. The molecule has 1 aromatic heterocycles. The topological polar surface area (TPSA) is 12.9 Å². The normalized spacial score (nSPS) is 12.2. The SMILES string of the molecule is CC(C)(C)c1ccc2ncc3ccccc3c2c1. The van der Waals surface area contributed by atoms with Crippen molar-refractivity contribution in [1.82, 2.24) is 4.98 Å². The Bertz CT molecular complexity index is 720. The minimum Gasteiger partial charge on any atom is -0.256 e. The van der Waals surface area contributed by atoms with Crippen LogP contribution in [0.2, 0.25) is 0 Å². The molecule has 0 atom stereocenters. The first kappa shape index (κ1) is 11.2. The number of fused-ring (bicyclic) bond motifs is 3. The van der Waals surface area contributed by atoms with E-state index in [1.165, 1.54) is 21.7 Å². The van der Waals surface area contributed by atoms with Crippen molar-refractivity contribution in [3.63, 3.8) is 0 Å². The highest BCUT2D eigenvalue weighted by atomic mass is 14.6. The van der Waals surface area contributed by atoms with E-state index in [1.54, 1.807) is 0 Å². The lowest BCUT2D eigenvalue weighted by Gasteiger charge is -2.19. The minimum atomic E-state index is 0.172. The molecule has 0 amide bonds. The van der Waals surface area contributed by atoms with E-state index in [-0.39, 0.29) is 5.41 Å². The van der Waals surface area contributed by atoms with Crippen LogP contribution >= 0.6 is 0 Å². The highest BCUT2D eigenvalue weighted by Crippen LogP contribution is 2.29. The van der Waals surface area contributed by atoms with Crippen LogP contribution in [0.15, 0.2) is 48.7 Å². The van der Waals surface area contributed by atoms with E-state index in [0.29, 0.717) is 0 Å². The molecule has 0 aliphatic heterocycles. The largest absolute Gasteiger partial charge is 0.256 e. The molecule has 0 bridgehead atoms. The summed E-state index contributed by atoms with van der Waals surface area (Å²) in [4.78, 5) is 4.53. The van der Waals surface area contributed by atoms with Gasteiger partial charge in [0.2, 0.25) is 0 Å². The van der Waals surface area contributed by atoms with Crippen LogP contribution in [0.5, 0.6) is 0 Å². The van der Waals surface area contributed by atoms with Gasteiger partial charge in [0.15, 0.2) is 0 Å². The number of hydrogen-bond acceptors (Lipinski definition) is 1.